The zero-order valence-electron chi connectivity index (χ0n) is 17.2. The number of halogens is 1. The fourth-order valence-electron chi connectivity index (χ4n) is 3.40. The van der Waals surface area contributed by atoms with Crippen LogP contribution in [0, 0.1) is 0 Å². The molecule has 2 N–H and O–H groups in total. The maximum atomic E-state index is 12.3. The fraction of sp³-hybridized carbons (Fsp3) is 0.304. The number of anilines is 1. The molecule has 1 saturated heterocycles. The van der Waals surface area contributed by atoms with Crippen LogP contribution >= 0.6 is 15.9 Å². The maximum Gasteiger partial charge on any atom is 0.290 e. The van der Waals surface area contributed by atoms with Gasteiger partial charge >= 0.3 is 0 Å². The molecule has 2 aromatic carbocycles. The van der Waals surface area contributed by atoms with Crippen molar-refractivity contribution in [2.24, 2.45) is 0 Å². The van der Waals surface area contributed by atoms with E-state index in [1.54, 1.807) is 13.2 Å². The highest BCUT2D eigenvalue weighted by atomic mass is 79.9. The van der Waals surface area contributed by atoms with E-state index in [1.807, 2.05) is 30.3 Å². The van der Waals surface area contributed by atoms with Crippen molar-refractivity contribution in [2.75, 3.05) is 32.6 Å². The lowest BCUT2D eigenvalue weighted by molar-refractivity contribution is -0.122. The summed E-state index contributed by atoms with van der Waals surface area (Å²) in [5.74, 6) is 1.14. The summed E-state index contributed by atoms with van der Waals surface area (Å²) in [5.41, 5.74) is 2.99. The normalized spacial score (nSPS) is 14.6. The van der Waals surface area contributed by atoms with Crippen molar-refractivity contribution in [3.8, 4) is 5.75 Å². The molecule has 3 rings (SSSR count). The van der Waals surface area contributed by atoms with Crippen molar-refractivity contribution in [1.82, 2.24) is 4.90 Å². The third kappa shape index (κ3) is 7.31. The lowest BCUT2D eigenvalue weighted by Crippen LogP contribution is -2.29. The third-order valence-electron chi connectivity index (χ3n) is 4.95. The number of hydrogen-bond donors (Lipinski definition) is 2. The first kappa shape index (κ1) is 23.6. The number of carbonyl (C=O) groups excluding carboxylic acids is 1. The van der Waals surface area contributed by atoms with Gasteiger partial charge in [0.25, 0.3) is 6.47 Å². The lowest BCUT2D eigenvalue weighted by atomic mass is 9.89. The molecule has 0 aromatic heterocycles. The van der Waals surface area contributed by atoms with E-state index in [2.05, 4.69) is 45.3 Å². The van der Waals surface area contributed by atoms with Crippen LogP contribution in [0.3, 0.4) is 0 Å². The van der Waals surface area contributed by atoms with Gasteiger partial charge in [-0.05, 0) is 80.9 Å². The van der Waals surface area contributed by atoms with Crippen LogP contribution in [0.4, 0.5) is 5.69 Å². The highest BCUT2D eigenvalue weighted by molar-refractivity contribution is 9.10. The molecule has 7 heteroatoms. The molecule has 1 aliphatic heterocycles. The summed E-state index contributed by atoms with van der Waals surface area (Å²) < 4.78 is 6.27. The molecule has 0 spiro atoms. The Balaban J connectivity index is 0.00000101. The van der Waals surface area contributed by atoms with E-state index in [1.165, 1.54) is 11.6 Å². The zero-order valence-corrected chi connectivity index (χ0v) is 18.8. The number of carbonyl (C=O) groups is 2. The summed E-state index contributed by atoms with van der Waals surface area (Å²) in [6.45, 7) is 2.00. The van der Waals surface area contributed by atoms with Crippen LogP contribution in [0.2, 0.25) is 0 Å². The van der Waals surface area contributed by atoms with E-state index >= 15 is 0 Å². The number of ether oxygens (including phenoxy) is 1. The monoisotopic (exact) mass is 474 g/mol. The number of nitrogens with zero attached hydrogens (tertiary/aromatic N) is 1. The first-order valence-corrected chi connectivity index (χ1v) is 10.4. The van der Waals surface area contributed by atoms with E-state index in [0.29, 0.717) is 5.92 Å². The highest BCUT2D eigenvalue weighted by Gasteiger charge is 2.18. The van der Waals surface area contributed by atoms with Crippen LogP contribution in [-0.4, -0.2) is 49.6 Å². The number of nitrogens with one attached hydrogen (secondary N) is 1. The van der Waals surface area contributed by atoms with Crippen LogP contribution in [0.5, 0.6) is 5.75 Å². The standard InChI is InChI=1S/C22H25BrN2O2.CH2O2/c1-25-12-10-16(11-13-25)17-4-3-5-20(15-17)24-22(26)9-6-18-14-19(23)7-8-21(18)27-2;2-1-3/h3-9,14-16H,10-13H2,1-2H3,(H,24,26);1H,(H,2,3)/b9-6+;. The number of rotatable bonds is 5. The Kier molecular flexibility index (Phi) is 9.57. The van der Waals surface area contributed by atoms with Crippen LogP contribution in [0.1, 0.15) is 29.9 Å². The molecule has 0 saturated carbocycles. The van der Waals surface area contributed by atoms with Crippen molar-refractivity contribution < 1.29 is 19.4 Å². The number of likely N-dealkylation sites (tertiary alicyclic amines) is 1. The van der Waals surface area contributed by atoms with Crippen LogP contribution < -0.4 is 10.1 Å². The first-order valence-electron chi connectivity index (χ1n) is 9.65. The molecule has 30 heavy (non-hydrogen) atoms. The molecule has 0 bridgehead atoms. The first-order chi connectivity index (χ1) is 14.5. The topological polar surface area (TPSA) is 78.9 Å². The Hall–Kier alpha value is -2.64. The second-order valence-corrected chi connectivity index (χ2v) is 7.93. The molecule has 0 atom stereocenters. The second kappa shape index (κ2) is 12.1. The summed E-state index contributed by atoms with van der Waals surface area (Å²) in [6, 6.07) is 13.9. The predicted octanol–water partition coefficient (Wildman–Crippen LogP) is 4.62. The summed E-state index contributed by atoms with van der Waals surface area (Å²) in [4.78, 5) is 23.1. The van der Waals surface area contributed by atoms with Gasteiger partial charge in [0.1, 0.15) is 5.75 Å². The van der Waals surface area contributed by atoms with Gasteiger partial charge in [-0.3, -0.25) is 9.59 Å². The predicted molar refractivity (Wildman–Crippen MR) is 123 cm³/mol. The zero-order chi connectivity index (χ0) is 21.9. The van der Waals surface area contributed by atoms with E-state index in [4.69, 9.17) is 14.6 Å². The van der Waals surface area contributed by atoms with Gasteiger partial charge in [-0.25, -0.2) is 0 Å². The largest absolute Gasteiger partial charge is 0.496 e. The summed E-state index contributed by atoms with van der Waals surface area (Å²) in [5, 5.41) is 9.85. The Morgan fingerprint density at radius 1 is 1.23 bits per heavy atom. The molecule has 0 aliphatic carbocycles. The van der Waals surface area contributed by atoms with Gasteiger partial charge < -0.3 is 20.1 Å². The number of benzene rings is 2. The minimum atomic E-state index is -0.250. The van der Waals surface area contributed by atoms with Gasteiger partial charge in [0.05, 0.1) is 7.11 Å². The number of carboxylic acid groups (broad SMARTS) is 1. The maximum absolute atomic E-state index is 12.3. The molecular weight excluding hydrogens is 448 g/mol. The minimum Gasteiger partial charge on any atom is -0.496 e. The minimum absolute atomic E-state index is 0.155. The van der Waals surface area contributed by atoms with E-state index in [9.17, 15) is 4.79 Å². The second-order valence-electron chi connectivity index (χ2n) is 7.02. The molecular formula is C23H27BrN2O4. The van der Waals surface area contributed by atoms with Crippen molar-refractivity contribution in [1.29, 1.82) is 0 Å². The third-order valence-corrected chi connectivity index (χ3v) is 5.44. The van der Waals surface area contributed by atoms with E-state index < -0.39 is 0 Å². The average molecular weight is 475 g/mol. The molecule has 1 amide bonds. The fourth-order valence-corrected chi connectivity index (χ4v) is 3.78. The van der Waals surface area contributed by atoms with Gasteiger partial charge in [0, 0.05) is 21.8 Å². The molecule has 2 aromatic rings. The Morgan fingerprint density at radius 3 is 2.60 bits per heavy atom. The van der Waals surface area contributed by atoms with E-state index in [0.717, 1.165) is 47.4 Å². The molecule has 0 unspecified atom stereocenters. The summed E-state index contributed by atoms with van der Waals surface area (Å²) in [6.07, 6.45) is 5.62. The Bertz CT molecular complexity index is 877. The Morgan fingerprint density at radius 2 is 1.93 bits per heavy atom. The van der Waals surface area contributed by atoms with Crippen LogP contribution in [-0.2, 0) is 9.59 Å². The van der Waals surface area contributed by atoms with Gasteiger partial charge in [0.2, 0.25) is 5.91 Å². The van der Waals surface area contributed by atoms with Crippen molar-refractivity contribution in [3.05, 3.63) is 64.1 Å². The van der Waals surface area contributed by atoms with Gasteiger partial charge in [-0.15, -0.1) is 0 Å². The quantitative estimate of drug-likeness (QED) is 0.488. The number of hydrogen-bond acceptors (Lipinski definition) is 4. The highest BCUT2D eigenvalue weighted by Crippen LogP contribution is 2.29. The van der Waals surface area contributed by atoms with Crippen LogP contribution in [0.25, 0.3) is 6.08 Å². The Labute approximate surface area is 185 Å². The van der Waals surface area contributed by atoms with Crippen molar-refractivity contribution >= 4 is 40.1 Å². The number of amides is 1. The van der Waals surface area contributed by atoms with Crippen LogP contribution in [0.15, 0.2) is 53.0 Å². The molecule has 1 fully saturated rings. The molecule has 0 radical (unpaired) electrons. The number of methoxy groups -OCH3 is 1. The summed E-state index contributed by atoms with van der Waals surface area (Å²) in [7, 11) is 3.79. The number of piperidine rings is 1. The van der Waals surface area contributed by atoms with Gasteiger partial charge in [-0.1, -0.05) is 28.1 Å². The molecule has 160 valence electrons. The van der Waals surface area contributed by atoms with Crippen molar-refractivity contribution in [2.45, 2.75) is 18.8 Å². The average Bonchev–Trinajstić information content (AvgIpc) is 2.74. The van der Waals surface area contributed by atoms with E-state index in [-0.39, 0.29) is 12.4 Å². The lowest BCUT2D eigenvalue weighted by Gasteiger charge is -2.29. The smallest absolute Gasteiger partial charge is 0.290 e. The summed E-state index contributed by atoms with van der Waals surface area (Å²) >= 11 is 3.44. The molecule has 1 heterocycles. The molecule has 1 aliphatic rings. The van der Waals surface area contributed by atoms with Gasteiger partial charge in [-0.2, -0.15) is 0 Å². The SMILES string of the molecule is COc1ccc(Br)cc1/C=C/C(=O)Nc1cccc(C2CCN(C)CC2)c1.O=CO. The van der Waals surface area contributed by atoms with Crippen molar-refractivity contribution in [3.63, 3.8) is 0 Å². The van der Waals surface area contributed by atoms with Gasteiger partial charge in [0.15, 0.2) is 0 Å². The molecule has 6 nitrogen and oxygen atoms in total.